The van der Waals surface area contributed by atoms with Crippen molar-refractivity contribution in [1.82, 2.24) is 4.98 Å². The topological polar surface area (TPSA) is 60.5 Å². The van der Waals surface area contributed by atoms with Crippen molar-refractivity contribution < 1.29 is 14.3 Å². The number of nitrogens with zero attached hydrogens (tertiary/aromatic N) is 1. The van der Waals surface area contributed by atoms with Gasteiger partial charge >= 0.3 is 0 Å². The summed E-state index contributed by atoms with van der Waals surface area (Å²) in [6, 6.07) is 9.07. The maximum Gasteiger partial charge on any atom is 0.224 e. The van der Waals surface area contributed by atoms with E-state index < -0.39 is 0 Å². The number of ether oxygens (including phenoxy) is 2. The molecule has 1 N–H and O–H groups in total. The number of rotatable bonds is 6. The number of aryl methyl sites for hydroxylation is 1. The Morgan fingerprint density at radius 2 is 1.90 bits per heavy atom. The number of pyridine rings is 1. The number of aromatic nitrogens is 1. The number of amides is 1. The van der Waals surface area contributed by atoms with Gasteiger partial charge in [-0.1, -0.05) is 0 Å². The van der Waals surface area contributed by atoms with Crippen LogP contribution < -0.4 is 14.8 Å². The minimum Gasteiger partial charge on any atom is -0.497 e. The van der Waals surface area contributed by atoms with Gasteiger partial charge in [-0.3, -0.25) is 9.78 Å². The zero-order chi connectivity index (χ0) is 15.1. The molecule has 1 amide bonds. The quantitative estimate of drug-likeness (QED) is 0.887. The van der Waals surface area contributed by atoms with Gasteiger partial charge in [-0.15, -0.1) is 0 Å². The largest absolute Gasteiger partial charge is 0.497 e. The molecule has 0 unspecified atom stereocenters. The molecule has 0 spiro atoms. The van der Waals surface area contributed by atoms with E-state index in [1.807, 2.05) is 18.2 Å². The molecule has 1 aromatic carbocycles. The van der Waals surface area contributed by atoms with Crippen LogP contribution >= 0.6 is 0 Å². The predicted molar refractivity (Wildman–Crippen MR) is 80.7 cm³/mol. The molecule has 21 heavy (non-hydrogen) atoms. The van der Waals surface area contributed by atoms with Crippen molar-refractivity contribution >= 4 is 11.6 Å². The summed E-state index contributed by atoms with van der Waals surface area (Å²) in [6.07, 6.45) is 4.23. The molecule has 1 heterocycles. The van der Waals surface area contributed by atoms with Crippen molar-refractivity contribution in [3.05, 3.63) is 48.3 Å². The lowest BCUT2D eigenvalue weighted by atomic mass is 10.1. The van der Waals surface area contributed by atoms with E-state index in [0.717, 1.165) is 22.7 Å². The van der Waals surface area contributed by atoms with Crippen molar-refractivity contribution in [3.8, 4) is 11.5 Å². The van der Waals surface area contributed by atoms with Gasteiger partial charge in [0.2, 0.25) is 5.91 Å². The number of nitrogens with one attached hydrogen (secondary N) is 1. The summed E-state index contributed by atoms with van der Waals surface area (Å²) in [6.45, 7) is 0. The molecule has 0 aliphatic heterocycles. The fourth-order valence-corrected chi connectivity index (χ4v) is 1.98. The SMILES string of the molecule is COc1ccc(OC)c(CCC(=O)Nc2ccncc2)c1. The number of hydrogen-bond donors (Lipinski definition) is 1. The van der Waals surface area contributed by atoms with Crippen LogP contribution in [0.25, 0.3) is 0 Å². The summed E-state index contributed by atoms with van der Waals surface area (Å²) in [5.41, 5.74) is 1.69. The fraction of sp³-hybridized carbons (Fsp3) is 0.250. The molecule has 0 fully saturated rings. The van der Waals surface area contributed by atoms with E-state index in [-0.39, 0.29) is 5.91 Å². The Morgan fingerprint density at radius 3 is 2.57 bits per heavy atom. The molecule has 110 valence electrons. The Labute approximate surface area is 123 Å². The number of carbonyl (C=O) groups excluding carboxylic acids is 1. The molecule has 5 heteroatoms. The van der Waals surface area contributed by atoms with Crippen LogP contribution in [0.15, 0.2) is 42.7 Å². The third kappa shape index (κ3) is 4.21. The average molecular weight is 286 g/mol. The van der Waals surface area contributed by atoms with Gasteiger partial charge in [-0.2, -0.15) is 0 Å². The van der Waals surface area contributed by atoms with E-state index in [9.17, 15) is 4.79 Å². The van der Waals surface area contributed by atoms with E-state index in [1.54, 1.807) is 38.7 Å². The van der Waals surface area contributed by atoms with Crippen LogP contribution in [0.1, 0.15) is 12.0 Å². The first-order valence-electron chi connectivity index (χ1n) is 6.63. The second kappa shape index (κ2) is 7.28. The number of anilines is 1. The van der Waals surface area contributed by atoms with Crippen LogP contribution in [-0.2, 0) is 11.2 Å². The Morgan fingerprint density at radius 1 is 1.14 bits per heavy atom. The minimum atomic E-state index is -0.0499. The van der Waals surface area contributed by atoms with Crippen molar-refractivity contribution in [2.45, 2.75) is 12.8 Å². The van der Waals surface area contributed by atoms with Crippen LogP contribution in [0.3, 0.4) is 0 Å². The van der Waals surface area contributed by atoms with Gasteiger partial charge in [0.1, 0.15) is 11.5 Å². The van der Waals surface area contributed by atoms with E-state index in [2.05, 4.69) is 10.3 Å². The van der Waals surface area contributed by atoms with Gasteiger partial charge in [-0.25, -0.2) is 0 Å². The number of carbonyl (C=O) groups is 1. The lowest BCUT2D eigenvalue weighted by Gasteiger charge is -2.10. The molecule has 5 nitrogen and oxygen atoms in total. The zero-order valence-electron chi connectivity index (χ0n) is 12.1. The number of benzene rings is 1. The monoisotopic (exact) mass is 286 g/mol. The van der Waals surface area contributed by atoms with E-state index in [4.69, 9.17) is 9.47 Å². The van der Waals surface area contributed by atoms with Crippen LogP contribution in [0.4, 0.5) is 5.69 Å². The fourth-order valence-electron chi connectivity index (χ4n) is 1.98. The van der Waals surface area contributed by atoms with E-state index >= 15 is 0 Å². The Balaban J connectivity index is 1.97. The van der Waals surface area contributed by atoms with Gasteiger partial charge in [0, 0.05) is 24.5 Å². The standard InChI is InChI=1S/C16H18N2O3/c1-20-14-4-5-15(21-2)12(11-14)3-6-16(19)18-13-7-9-17-10-8-13/h4-5,7-11H,3,6H2,1-2H3,(H,17,18,19). The van der Waals surface area contributed by atoms with Crippen LogP contribution in [0.5, 0.6) is 11.5 Å². The molecule has 0 saturated carbocycles. The highest BCUT2D eigenvalue weighted by Crippen LogP contribution is 2.25. The maximum absolute atomic E-state index is 11.9. The second-order valence-corrected chi connectivity index (χ2v) is 4.46. The molecule has 0 aliphatic carbocycles. The molecule has 0 aliphatic rings. The summed E-state index contributed by atoms with van der Waals surface area (Å²) >= 11 is 0. The molecule has 0 bridgehead atoms. The van der Waals surface area contributed by atoms with Gasteiger partial charge in [0.25, 0.3) is 0 Å². The minimum absolute atomic E-state index is 0.0499. The highest BCUT2D eigenvalue weighted by molar-refractivity contribution is 5.90. The molecule has 0 radical (unpaired) electrons. The molecule has 2 aromatic rings. The molecular formula is C16H18N2O3. The van der Waals surface area contributed by atoms with Gasteiger partial charge in [-0.05, 0) is 42.3 Å². The Kier molecular flexibility index (Phi) is 5.15. The summed E-state index contributed by atoms with van der Waals surface area (Å²) < 4.78 is 10.5. The number of hydrogen-bond acceptors (Lipinski definition) is 4. The molecule has 0 saturated heterocycles. The molecule has 1 aromatic heterocycles. The van der Waals surface area contributed by atoms with E-state index in [1.165, 1.54) is 0 Å². The van der Waals surface area contributed by atoms with Gasteiger partial charge in [0.05, 0.1) is 14.2 Å². The van der Waals surface area contributed by atoms with Crippen LogP contribution in [0.2, 0.25) is 0 Å². The first-order valence-corrected chi connectivity index (χ1v) is 6.63. The summed E-state index contributed by atoms with van der Waals surface area (Å²) in [5, 5.41) is 2.83. The lowest BCUT2D eigenvalue weighted by molar-refractivity contribution is -0.116. The van der Waals surface area contributed by atoms with Crippen molar-refractivity contribution in [1.29, 1.82) is 0 Å². The predicted octanol–water partition coefficient (Wildman–Crippen LogP) is 2.67. The molecule has 0 atom stereocenters. The molecular weight excluding hydrogens is 268 g/mol. The van der Waals surface area contributed by atoms with E-state index in [0.29, 0.717) is 12.8 Å². The van der Waals surface area contributed by atoms with Crippen molar-refractivity contribution in [3.63, 3.8) is 0 Å². The normalized spacial score (nSPS) is 10.0. The first kappa shape index (κ1) is 14.8. The lowest BCUT2D eigenvalue weighted by Crippen LogP contribution is -2.12. The number of methoxy groups -OCH3 is 2. The highest BCUT2D eigenvalue weighted by Gasteiger charge is 2.08. The summed E-state index contributed by atoms with van der Waals surface area (Å²) in [7, 11) is 3.23. The third-order valence-electron chi connectivity index (χ3n) is 3.07. The first-order chi connectivity index (χ1) is 10.2. The smallest absolute Gasteiger partial charge is 0.224 e. The third-order valence-corrected chi connectivity index (χ3v) is 3.07. The Hall–Kier alpha value is -2.56. The van der Waals surface area contributed by atoms with Gasteiger partial charge < -0.3 is 14.8 Å². The molecule has 2 rings (SSSR count). The van der Waals surface area contributed by atoms with Crippen molar-refractivity contribution in [2.24, 2.45) is 0 Å². The second-order valence-electron chi connectivity index (χ2n) is 4.46. The van der Waals surface area contributed by atoms with Crippen LogP contribution in [0, 0.1) is 0 Å². The summed E-state index contributed by atoms with van der Waals surface area (Å²) in [5.74, 6) is 1.46. The summed E-state index contributed by atoms with van der Waals surface area (Å²) in [4.78, 5) is 15.8. The van der Waals surface area contributed by atoms with Gasteiger partial charge in [0.15, 0.2) is 0 Å². The Bertz CT molecular complexity index is 600. The average Bonchev–Trinajstić information content (AvgIpc) is 2.53. The zero-order valence-corrected chi connectivity index (χ0v) is 12.1. The highest BCUT2D eigenvalue weighted by atomic mass is 16.5. The van der Waals surface area contributed by atoms with Crippen molar-refractivity contribution in [2.75, 3.05) is 19.5 Å². The van der Waals surface area contributed by atoms with Crippen LogP contribution in [-0.4, -0.2) is 25.1 Å². The maximum atomic E-state index is 11.9.